The number of pyridine rings is 1. The van der Waals surface area contributed by atoms with Gasteiger partial charge >= 0.3 is 0 Å². The lowest BCUT2D eigenvalue weighted by Crippen LogP contribution is -2.58. The topological polar surface area (TPSA) is 81.1 Å². The first-order valence-electron chi connectivity index (χ1n) is 6.79. The Hall–Kier alpha value is -2.13. The van der Waals surface area contributed by atoms with Crippen LogP contribution in [0.5, 0.6) is 0 Å². The number of nitrogens with one attached hydrogen (secondary N) is 2. The maximum Gasteiger partial charge on any atom is 0.244 e. The van der Waals surface area contributed by atoms with Crippen LogP contribution in [0.15, 0.2) is 12.3 Å². The molecule has 0 aromatic carbocycles. The number of amides is 1. The van der Waals surface area contributed by atoms with Crippen LogP contribution in [0, 0.1) is 18.3 Å². The van der Waals surface area contributed by atoms with E-state index < -0.39 is 0 Å². The minimum atomic E-state index is -0.329. The van der Waals surface area contributed by atoms with Crippen molar-refractivity contribution in [2.45, 2.75) is 19.9 Å². The van der Waals surface area contributed by atoms with Crippen LogP contribution in [0.2, 0.25) is 0 Å². The molecule has 2 N–H and O–H groups in total. The van der Waals surface area contributed by atoms with Gasteiger partial charge in [-0.05, 0) is 25.5 Å². The molecule has 1 aliphatic heterocycles. The molecule has 0 radical (unpaired) electrons. The van der Waals surface area contributed by atoms with E-state index >= 15 is 0 Å². The molecule has 1 amide bonds. The van der Waals surface area contributed by atoms with Gasteiger partial charge in [0.2, 0.25) is 5.91 Å². The van der Waals surface area contributed by atoms with Gasteiger partial charge in [0.05, 0.1) is 5.56 Å². The van der Waals surface area contributed by atoms with Gasteiger partial charge in [-0.25, -0.2) is 4.98 Å². The van der Waals surface area contributed by atoms with E-state index in [2.05, 4.69) is 21.7 Å². The molecule has 0 bridgehead atoms. The third-order valence-corrected chi connectivity index (χ3v) is 3.42. The van der Waals surface area contributed by atoms with Gasteiger partial charge in [-0.2, -0.15) is 5.26 Å². The number of carbonyl (C=O) groups is 1. The van der Waals surface area contributed by atoms with Crippen molar-refractivity contribution in [1.82, 2.24) is 15.6 Å². The number of aromatic nitrogens is 1. The van der Waals surface area contributed by atoms with Crippen molar-refractivity contribution in [3.05, 3.63) is 23.4 Å². The first-order chi connectivity index (χ1) is 9.69. The maximum atomic E-state index is 12.2. The van der Waals surface area contributed by atoms with E-state index in [1.165, 1.54) is 0 Å². The van der Waals surface area contributed by atoms with Gasteiger partial charge in [-0.15, -0.1) is 0 Å². The lowest BCUT2D eigenvalue weighted by molar-refractivity contribution is -0.122. The molecule has 1 aromatic rings. The van der Waals surface area contributed by atoms with Crippen molar-refractivity contribution < 1.29 is 4.79 Å². The van der Waals surface area contributed by atoms with Crippen LogP contribution in [0.3, 0.4) is 0 Å². The lowest BCUT2D eigenvalue weighted by Gasteiger charge is -2.36. The Labute approximate surface area is 118 Å². The second-order valence-corrected chi connectivity index (χ2v) is 4.75. The van der Waals surface area contributed by atoms with Gasteiger partial charge in [0.1, 0.15) is 17.9 Å². The Kier molecular flexibility index (Phi) is 4.53. The zero-order chi connectivity index (χ0) is 14.5. The van der Waals surface area contributed by atoms with Crippen molar-refractivity contribution in [3.63, 3.8) is 0 Å². The smallest absolute Gasteiger partial charge is 0.244 e. The first kappa shape index (κ1) is 14.3. The van der Waals surface area contributed by atoms with Crippen molar-refractivity contribution in [2.24, 2.45) is 0 Å². The first-order valence-corrected chi connectivity index (χ1v) is 6.79. The number of likely N-dealkylation sites (N-methyl/N-ethyl adjacent to an activating group) is 1. The number of nitrogens with zero attached hydrogens (tertiary/aromatic N) is 3. The fourth-order valence-corrected chi connectivity index (χ4v) is 2.38. The molecule has 6 heteroatoms. The molecule has 1 unspecified atom stereocenters. The molecular formula is C14H19N5O. The molecule has 0 spiro atoms. The Morgan fingerprint density at radius 1 is 1.70 bits per heavy atom. The highest BCUT2D eigenvalue weighted by molar-refractivity contribution is 5.86. The highest BCUT2D eigenvalue weighted by Crippen LogP contribution is 2.22. The van der Waals surface area contributed by atoms with E-state index in [0.717, 1.165) is 12.1 Å². The molecule has 1 aromatic heterocycles. The zero-order valence-corrected chi connectivity index (χ0v) is 11.8. The Morgan fingerprint density at radius 3 is 3.20 bits per heavy atom. The van der Waals surface area contributed by atoms with E-state index in [-0.39, 0.29) is 11.9 Å². The van der Waals surface area contributed by atoms with E-state index in [1.54, 1.807) is 6.20 Å². The van der Waals surface area contributed by atoms with Crippen LogP contribution in [0.4, 0.5) is 5.82 Å². The van der Waals surface area contributed by atoms with Gasteiger partial charge in [0, 0.05) is 32.4 Å². The SMILES string of the molecule is CCNC(=O)C1CNCCN1c1nccc(C)c1C#N. The number of aryl methyl sites for hydroxylation is 1. The Balaban J connectivity index is 2.36. The molecule has 2 heterocycles. The van der Waals surface area contributed by atoms with Crippen molar-refractivity contribution in [3.8, 4) is 6.07 Å². The fraction of sp³-hybridized carbons (Fsp3) is 0.500. The van der Waals surface area contributed by atoms with E-state index in [1.807, 2.05) is 24.8 Å². The standard InChI is InChI=1S/C14H19N5O/c1-3-17-14(20)12-9-16-6-7-19(12)13-11(8-15)10(2)4-5-18-13/h4-5,12,16H,3,6-7,9H2,1-2H3,(H,17,20). The van der Waals surface area contributed by atoms with Crippen molar-refractivity contribution in [2.75, 3.05) is 31.1 Å². The molecule has 106 valence electrons. The van der Waals surface area contributed by atoms with Crippen LogP contribution in [0.25, 0.3) is 0 Å². The maximum absolute atomic E-state index is 12.2. The largest absolute Gasteiger partial charge is 0.355 e. The minimum absolute atomic E-state index is 0.0353. The monoisotopic (exact) mass is 273 g/mol. The summed E-state index contributed by atoms with van der Waals surface area (Å²) in [5.41, 5.74) is 1.43. The number of rotatable bonds is 3. The Bertz CT molecular complexity index is 537. The van der Waals surface area contributed by atoms with E-state index in [9.17, 15) is 10.1 Å². The summed E-state index contributed by atoms with van der Waals surface area (Å²) in [6.45, 7) is 6.36. The molecule has 2 rings (SSSR count). The summed E-state index contributed by atoms with van der Waals surface area (Å²) in [5, 5.41) is 15.4. The highest BCUT2D eigenvalue weighted by atomic mass is 16.2. The van der Waals surface area contributed by atoms with Gasteiger partial charge < -0.3 is 15.5 Å². The molecule has 20 heavy (non-hydrogen) atoms. The number of anilines is 1. The van der Waals surface area contributed by atoms with Crippen LogP contribution in [-0.2, 0) is 4.79 Å². The fourth-order valence-electron chi connectivity index (χ4n) is 2.38. The van der Waals surface area contributed by atoms with Crippen molar-refractivity contribution in [1.29, 1.82) is 5.26 Å². The average molecular weight is 273 g/mol. The van der Waals surface area contributed by atoms with E-state index in [0.29, 0.717) is 31.0 Å². The molecule has 0 saturated carbocycles. The van der Waals surface area contributed by atoms with Crippen molar-refractivity contribution >= 4 is 11.7 Å². The second kappa shape index (κ2) is 6.35. The van der Waals surface area contributed by atoms with Gasteiger partial charge in [-0.1, -0.05) is 0 Å². The van der Waals surface area contributed by atoms with Crippen LogP contribution in [-0.4, -0.2) is 43.1 Å². The highest BCUT2D eigenvalue weighted by Gasteiger charge is 2.30. The quantitative estimate of drug-likeness (QED) is 0.821. The summed E-state index contributed by atoms with van der Waals surface area (Å²) in [7, 11) is 0. The predicted octanol–water partition coefficient (Wildman–Crippen LogP) is 0.176. The molecule has 1 saturated heterocycles. The third kappa shape index (κ3) is 2.73. The summed E-state index contributed by atoms with van der Waals surface area (Å²) in [6.07, 6.45) is 1.68. The van der Waals surface area contributed by atoms with Gasteiger partial charge in [-0.3, -0.25) is 4.79 Å². The van der Waals surface area contributed by atoms with E-state index in [4.69, 9.17) is 0 Å². The number of hydrogen-bond acceptors (Lipinski definition) is 5. The normalized spacial score (nSPS) is 18.4. The Morgan fingerprint density at radius 2 is 2.50 bits per heavy atom. The zero-order valence-electron chi connectivity index (χ0n) is 11.8. The summed E-state index contributed by atoms with van der Waals surface area (Å²) < 4.78 is 0. The predicted molar refractivity (Wildman–Crippen MR) is 76.4 cm³/mol. The molecule has 1 fully saturated rings. The minimum Gasteiger partial charge on any atom is -0.355 e. The number of hydrogen-bond donors (Lipinski definition) is 2. The van der Waals surface area contributed by atoms with Crippen LogP contribution in [0.1, 0.15) is 18.1 Å². The average Bonchev–Trinajstić information content (AvgIpc) is 2.47. The molecule has 1 atom stereocenters. The van der Waals surface area contributed by atoms with Gasteiger partial charge in [0.25, 0.3) is 0 Å². The van der Waals surface area contributed by atoms with Crippen LogP contribution < -0.4 is 15.5 Å². The summed E-state index contributed by atoms with van der Waals surface area (Å²) in [5.74, 6) is 0.567. The number of piperazine rings is 1. The van der Waals surface area contributed by atoms with Crippen LogP contribution >= 0.6 is 0 Å². The summed E-state index contributed by atoms with van der Waals surface area (Å²) in [4.78, 5) is 18.4. The summed E-state index contributed by atoms with van der Waals surface area (Å²) >= 11 is 0. The molecule has 6 nitrogen and oxygen atoms in total. The molecule has 0 aliphatic carbocycles. The summed E-state index contributed by atoms with van der Waals surface area (Å²) in [6, 6.07) is 3.68. The van der Waals surface area contributed by atoms with Gasteiger partial charge in [0.15, 0.2) is 0 Å². The number of carbonyl (C=O) groups excluding carboxylic acids is 1. The third-order valence-electron chi connectivity index (χ3n) is 3.42. The number of nitriles is 1. The second-order valence-electron chi connectivity index (χ2n) is 4.75. The molecular weight excluding hydrogens is 254 g/mol. The lowest BCUT2D eigenvalue weighted by atomic mass is 10.1. The molecule has 1 aliphatic rings.